The first-order valence-corrected chi connectivity index (χ1v) is 6.66. The van der Waals surface area contributed by atoms with Gasteiger partial charge in [-0.2, -0.15) is 0 Å². The van der Waals surface area contributed by atoms with E-state index in [0.29, 0.717) is 5.88 Å². The maximum atomic E-state index is 9.43. The van der Waals surface area contributed by atoms with Crippen molar-refractivity contribution in [1.82, 2.24) is 4.98 Å². The summed E-state index contributed by atoms with van der Waals surface area (Å²) in [6, 6.07) is 9.86. The first kappa shape index (κ1) is 12.2. The van der Waals surface area contributed by atoms with Crippen molar-refractivity contribution >= 4 is 0 Å². The van der Waals surface area contributed by atoms with Crippen LogP contribution in [0.5, 0.6) is 11.6 Å². The summed E-state index contributed by atoms with van der Waals surface area (Å²) in [5.74, 6) is 1.39. The highest BCUT2D eigenvalue weighted by Crippen LogP contribution is 2.28. The molecule has 0 amide bonds. The van der Waals surface area contributed by atoms with Crippen LogP contribution in [0.15, 0.2) is 36.5 Å². The second-order valence-corrected chi connectivity index (χ2v) is 4.99. The van der Waals surface area contributed by atoms with E-state index in [1.165, 1.54) is 24.0 Å². The number of rotatable bonds is 3. The Bertz CT molecular complexity index is 576. The third kappa shape index (κ3) is 2.61. The third-order valence-electron chi connectivity index (χ3n) is 3.53. The van der Waals surface area contributed by atoms with Gasteiger partial charge in [0.1, 0.15) is 5.75 Å². The standard InChI is InChI=1S/C16H17NO2/c1-11(18)14-6-8-16(17-10-14)19-15-7-5-12-3-2-4-13(12)9-15/h5-11,18H,2-4H2,1H3. The number of aryl methyl sites for hydroxylation is 2. The molecule has 0 spiro atoms. The number of hydrogen-bond acceptors (Lipinski definition) is 3. The second kappa shape index (κ2) is 5.02. The first-order chi connectivity index (χ1) is 9.22. The van der Waals surface area contributed by atoms with Crippen LogP contribution in [0.25, 0.3) is 0 Å². The average Bonchev–Trinajstić information content (AvgIpc) is 2.87. The number of aliphatic hydroxyl groups is 1. The van der Waals surface area contributed by atoms with E-state index in [-0.39, 0.29) is 0 Å². The highest BCUT2D eigenvalue weighted by molar-refractivity contribution is 5.39. The van der Waals surface area contributed by atoms with E-state index in [9.17, 15) is 5.11 Å². The van der Waals surface area contributed by atoms with Crippen LogP contribution in [0.4, 0.5) is 0 Å². The van der Waals surface area contributed by atoms with E-state index in [1.54, 1.807) is 19.2 Å². The molecule has 1 aromatic heterocycles. The molecule has 1 aromatic carbocycles. The second-order valence-electron chi connectivity index (χ2n) is 4.99. The van der Waals surface area contributed by atoms with E-state index in [1.807, 2.05) is 12.1 Å². The summed E-state index contributed by atoms with van der Waals surface area (Å²) < 4.78 is 5.75. The van der Waals surface area contributed by atoms with E-state index in [2.05, 4.69) is 17.1 Å². The van der Waals surface area contributed by atoms with Gasteiger partial charge in [-0.1, -0.05) is 6.07 Å². The fourth-order valence-corrected chi connectivity index (χ4v) is 2.43. The van der Waals surface area contributed by atoms with Gasteiger partial charge in [-0.05, 0) is 61.1 Å². The van der Waals surface area contributed by atoms with Crippen molar-refractivity contribution in [1.29, 1.82) is 0 Å². The highest BCUT2D eigenvalue weighted by Gasteiger charge is 2.11. The molecule has 1 heterocycles. The molecule has 3 rings (SSSR count). The molecule has 0 saturated heterocycles. The minimum absolute atomic E-state index is 0.499. The lowest BCUT2D eigenvalue weighted by atomic mass is 10.1. The summed E-state index contributed by atoms with van der Waals surface area (Å²) in [5.41, 5.74) is 3.61. The third-order valence-corrected chi connectivity index (χ3v) is 3.53. The maximum Gasteiger partial charge on any atom is 0.219 e. The zero-order chi connectivity index (χ0) is 13.2. The van der Waals surface area contributed by atoms with Crippen LogP contribution in [0, 0.1) is 0 Å². The molecule has 1 aliphatic carbocycles. The molecule has 0 aliphatic heterocycles. The van der Waals surface area contributed by atoms with Crippen molar-refractivity contribution in [2.24, 2.45) is 0 Å². The Morgan fingerprint density at radius 3 is 2.74 bits per heavy atom. The maximum absolute atomic E-state index is 9.43. The van der Waals surface area contributed by atoms with Gasteiger partial charge < -0.3 is 9.84 Å². The lowest BCUT2D eigenvalue weighted by molar-refractivity contribution is 0.198. The quantitative estimate of drug-likeness (QED) is 0.913. The summed E-state index contributed by atoms with van der Waals surface area (Å²) in [4.78, 5) is 4.21. The van der Waals surface area contributed by atoms with E-state index in [0.717, 1.165) is 17.7 Å². The average molecular weight is 255 g/mol. The molecule has 0 radical (unpaired) electrons. The molecular formula is C16H17NO2. The van der Waals surface area contributed by atoms with Crippen LogP contribution in [0.1, 0.15) is 36.1 Å². The molecule has 1 N–H and O–H groups in total. The van der Waals surface area contributed by atoms with Crippen molar-refractivity contribution in [2.45, 2.75) is 32.3 Å². The molecule has 1 unspecified atom stereocenters. The number of nitrogens with zero attached hydrogens (tertiary/aromatic N) is 1. The fraction of sp³-hybridized carbons (Fsp3) is 0.312. The van der Waals surface area contributed by atoms with Gasteiger partial charge in [0.25, 0.3) is 0 Å². The molecule has 2 aromatic rings. The SMILES string of the molecule is CC(O)c1ccc(Oc2ccc3c(c2)CCC3)nc1. The van der Waals surface area contributed by atoms with Gasteiger partial charge in [-0.25, -0.2) is 4.98 Å². The van der Waals surface area contributed by atoms with Crippen molar-refractivity contribution in [3.05, 3.63) is 53.2 Å². The Morgan fingerprint density at radius 2 is 2.00 bits per heavy atom. The smallest absolute Gasteiger partial charge is 0.219 e. The minimum atomic E-state index is -0.499. The van der Waals surface area contributed by atoms with Crippen LogP contribution in [0.3, 0.4) is 0 Å². The summed E-state index contributed by atoms with van der Waals surface area (Å²) in [6.45, 7) is 1.72. The lowest BCUT2D eigenvalue weighted by Gasteiger charge is -2.08. The topological polar surface area (TPSA) is 42.4 Å². The van der Waals surface area contributed by atoms with Crippen LogP contribution in [0.2, 0.25) is 0 Å². The monoisotopic (exact) mass is 255 g/mol. The summed E-state index contributed by atoms with van der Waals surface area (Å²) in [6.07, 6.45) is 4.70. The Labute approximate surface area is 112 Å². The molecule has 1 atom stereocenters. The largest absolute Gasteiger partial charge is 0.439 e. The van der Waals surface area contributed by atoms with Gasteiger partial charge in [-0.15, -0.1) is 0 Å². The highest BCUT2D eigenvalue weighted by atomic mass is 16.5. The molecule has 1 aliphatic rings. The molecule has 19 heavy (non-hydrogen) atoms. The predicted molar refractivity (Wildman–Crippen MR) is 73.4 cm³/mol. The van der Waals surface area contributed by atoms with Crippen molar-refractivity contribution < 1.29 is 9.84 Å². The molecule has 0 fully saturated rings. The van der Waals surface area contributed by atoms with Gasteiger partial charge >= 0.3 is 0 Å². The normalized spacial score (nSPS) is 15.1. The van der Waals surface area contributed by atoms with E-state index in [4.69, 9.17) is 4.74 Å². The number of aromatic nitrogens is 1. The summed E-state index contributed by atoms with van der Waals surface area (Å²) in [5, 5.41) is 9.43. The lowest BCUT2D eigenvalue weighted by Crippen LogP contribution is -1.94. The number of hydrogen-bond donors (Lipinski definition) is 1. The van der Waals surface area contributed by atoms with Crippen LogP contribution < -0.4 is 4.74 Å². The zero-order valence-electron chi connectivity index (χ0n) is 11.0. The van der Waals surface area contributed by atoms with Gasteiger partial charge in [0, 0.05) is 12.3 Å². The Morgan fingerprint density at radius 1 is 1.16 bits per heavy atom. The van der Waals surface area contributed by atoms with Crippen LogP contribution in [-0.2, 0) is 12.8 Å². The van der Waals surface area contributed by atoms with Crippen molar-refractivity contribution in [3.63, 3.8) is 0 Å². The fourth-order valence-electron chi connectivity index (χ4n) is 2.43. The zero-order valence-corrected chi connectivity index (χ0v) is 11.0. The van der Waals surface area contributed by atoms with Crippen LogP contribution >= 0.6 is 0 Å². The minimum Gasteiger partial charge on any atom is -0.439 e. The summed E-state index contributed by atoms with van der Waals surface area (Å²) >= 11 is 0. The van der Waals surface area contributed by atoms with Gasteiger partial charge in [0.05, 0.1) is 6.10 Å². The van der Waals surface area contributed by atoms with Gasteiger partial charge in [-0.3, -0.25) is 0 Å². The number of pyridine rings is 1. The molecule has 98 valence electrons. The number of fused-ring (bicyclic) bond motifs is 1. The van der Waals surface area contributed by atoms with Gasteiger partial charge in [0.15, 0.2) is 0 Å². The molecule has 0 bridgehead atoms. The van der Waals surface area contributed by atoms with Crippen molar-refractivity contribution in [2.75, 3.05) is 0 Å². The number of benzene rings is 1. The number of ether oxygens (including phenoxy) is 1. The first-order valence-electron chi connectivity index (χ1n) is 6.66. The molecule has 3 heteroatoms. The van der Waals surface area contributed by atoms with E-state index >= 15 is 0 Å². The molecule has 0 saturated carbocycles. The van der Waals surface area contributed by atoms with Crippen molar-refractivity contribution in [3.8, 4) is 11.6 Å². The predicted octanol–water partition coefficient (Wildman–Crippen LogP) is 3.42. The molecule has 3 nitrogen and oxygen atoms in total. The number of aliphatic hydroxyl groups excluding tert-OH is 1. The summed E-state index contributed by atoms with van der Waals surface area (Å²) in [7, 11) is 0. The van der Waals surface area contributed by atoms with E-state index < -0.39 is 6.10 Å². The van der Waals surface area contributed by atoms with Gasteiger partial charge in [0.2, 0.25) is 5.88 Å². The Kier molecular flexibility index (Phi) is 3.22. The van der Waals surface area contributed by atoms with Crippen LogP contribution in [-0.4, -0.2) is 10.1 Å². The Balaban J connectivity index is 1.77. The Hall–Kier alpha value is -1.87. The molecular weight excluding hydrogens is 238 g/mol.